The summed E-state index contributed by atoms with van der Waals surface area (Å²) in [6.07, 6.45) is 1.65. The normalized spacial score (nSPS) is 16.6. The lowest BCUT2D eigenvalue weighted by Crippen LogP contribution is -2.41. The van der Waals surface area contributed by atoms with Gasteiger partial charge in [0.25, 0.3) is 5.91 Å². The summed E-state index contributed by atoms with van der Waals surface area (Å²) in [5.74, 6) is 1.66. The first-order valence-corrected chi connectivity index (χ1v) is 8.01. The van der Waals surface area contributed by atoms with Crippen molar-refractivity contribution in [3.8, 4) is 11.4 Å². The third kappa shape index (κ3) is 2.68. The Morgan fingerprint density at radius 2 is 2.12 bits per heavy atom. The second kappa shape index (κ2) is 5.92. The Morgan fingerprint density at radius 3 is 2.88 bits per heavy atom. The van der Waals surface area contributed by atoms with E-state index in [1.54, 1.807) is 6.07 Å². The van der Waals surface area contributed by atoms with Crippen LogP contribution in [0.25, 0.3) is 11.4 Å². The highest BCUT2D eigenvalue weighted by molar-refractivity contribution is 5.92. The van der Waals surface area contributed by atoms with Crippen LogP contribution >= 0.6 is 0 Å². The van der Waals surface area contributed by atoms with Gasteiger partial charge in [-0.1, -0.05) is 30.3 Å². The highest BCUT2D eigenvalue weighted by Gasteiger charge is 2.25. The van der Waals surface area contributed by atoms with Crippen LogP contribution in [0.2, 0.25) is 0 Å². The SMILES string of the molecule is Cc1cc(C(=O)NC2CCc3nnc(-c4ccccc4)n3C2)n[nH]1. The van der Waals surface area contributed by atoms with Gasteiger partial charge in [0.1, 0.15) is 11.5 Å². The summed E-state index contributed by atoms with van der Waals surface area (Å²) in [5, 5.41) is 18.5. The number of aromatic nitrogens is 5. The molecule has 1 aromatic carbocycles. The van der Waals surface area contributed by atoms with Gasteiger partial charge in [0.05, 0.1) is 0 Å². The number of hydrogen-bond donors (Lipinski definition) is 2. The van der Waals surface area contributed by atoms with Crippen molar-refractivity contribution < 1.29 is 4.79 Å². The minimum Gasteiger partial charge on any atom is -0.346 e. The fraction of sp³-hybridized carbons (Fsp3) is 0.294. The predicted octanol–water partition coefficient (Wildman–Crippen LogP) is 1.72. The van der Waals surface area contributed by atoms with Gasteiger partial charge in [0.2, 0.25) is 0 Å². The lowest BCUT2D eigenvalue weighted by atomic mass is 10.1. The van der Waals surface area contributed by atoms with Gasteiger partial charge in [-0.3, -0.25) is 9.89 Å². The summed E-state index contributed by atoms with van der Waals surface area (Å²) in [4.78, 5) is 12.3. The van der Waals surface area contributed by atoms with Crippen molar-refractivity contribution in [1.29, 1.82) is 0 Å². The molecule has 24 heavy (non-hydrogen) atoms. The molecular formula is C17H18N6O. The van der Waals surface area contributed by atoms with Crippen LogP contribution in [0.1, 0.15) is 28.4 Å². The van der Waals surface area contributed by atoms with E-state index in [0.29, 0.717) is 12.2 Å². The summed E-state index contributed by atoms with van der Waals surface area (Å²) in [6, 6.07) is 11.8. The summed E-state index contributed by atoms with van der Waals surface area (Å²) >= 11 is 0. The van der Waals surface area contributed by atoms with Crippen LogP contribution in [0, 0.1) is 6.92 Å². The largest absolute Gasteiger partial charge is 0.346 e. The van der Waals surface area contributed by atoms with E-state index >= 15 is 0 Å². The number of amides is 1. The average Bonchev–Trinajstić information content (AvgIpc) is 3.21. The zero-order valence-electron chi connectivity index (χ0n) is 13.4. The van der Waals surface area contributed by atoms with Gasteiger partial charge in [0.15, 0.2) is 5.82 Å². The zero-order chi connectivity index (χ0) is 16.5. The summed E-state index contributed by atoms with van der Waals surface area (Å²) in [6.45, 7) is 2.54. The van der Waals surface area contributed by atoms with Crippen LogP contribution in [0.4, 0.5) is 0 Å². The van der Waals surface area contributed by atoms with E-state index in [1.807, 2.05) is 37.3 Å². The molecule has 4 rings (SSSR count). The number of rotatable bonds is 3. The second-order valence-electron chi connectivity index (χ2n) is 6.06. The van der Waals surface area contributed by atoms with E-state index in [1.165, 1.54) is 0 Å². The van der Waals surface area contributed by atoms with E-state index in [9.17, 15) is 4.79 Å². The number of carbonyl (C=O) groups excluding carboxylic acids is 1. The number of aryl methyl sites for hydroxylation is 2. The molecule has 7 nitrogen and oxygen atoms in total. The predicted molar refractivity (Wildman–Crippen MR) is 88.4 cm³/mol. The van der Waals surface area contributed by atoms with Crippen LogP contribution in [0.3, 0.4) is 0 Å². The Kier molecular flexibility index (Phi) is 3.60. The highest BCUT2D eigenvalue weighted by Crippen LogP contribution is 2.23. The Morgan fingerprint density at radius 1 is 1.29 bits per heavy atom. The maximum atomic E-state index is 12.3. The van der Waals surface area contributed by atoms with Crippen molar-refractivity contribution in [2.45, 2.75) is 32.4 Å². The van der Waals surface area contributed by atoms with Crippen LogP contribution in [-0.4, -0.2) is 36.9 Å². The monoisotopic (exact) mass is 322 g/mol. The van der Waals surface area contributed by atoms with Gasteiger partial charge in [0, 0.05) is 30.3 Å². The number of H-pyrrole nitrogens is 1. The molecular weight excluding hydrogens is 304 g/mol. The Labute approximate surface area is 139 Å². The Hall–Kier alpha value is -2.96. The molecule has 0 spiro atoms. The molecule has 3 aromatic rings. The number of aromatic amines is 1. The Balaban J connectivity index is 1.53. The fourth-order valence-electron chi connectivity index (χ4n) is 3.04. The highest BCUT2D eigenvalue weighted by atomic mass is 16.2. The molecule has 7 heteroatoms. The topological polar surface area (TPSA) is 88.5 Å². The number of hydrogen-bond acceptors (Lipinski definition) is 4. The van der Waals surface area contributed by atoms with Gasteiger partial charge in [-0.15, -0.1) is 10.2 Å². The first-order valence-electron chi connectivity index (χ1n) is 8.01. The minimum atomic E-state index is -0.151. The standard InChI is InChI=1S/C17H18N6O/c1-11-9-14(20-19-11)17(24)18-13-7-8-15-21-22-16(23(15)10-13)12-5-3-2-4-6-12/h2-6,9,13H,7-8,10H2,1H3,(H,18,24)(H,19,20). The fourth-order valence-corrected chi connectivity index (χ4v) is 3.04. The molecule has 1 atom stereocenters. The smallest absolute Gasteiger partial charge is 0.272 e. The number of carbonyl (C=O) groups is 1. The third-order valence-corrected chi connectivity index (χ3v) is 4.25. The Bertz CT molecular complexity index is 866. The summed E-state index contributed by atoms with van der Waals surface area (Å²) < 4.78 is 2.10. The van der Waals surface area contributed by atoms with E-state index in [-0.39, 0.29) is 11.9 Å². The third-order valence-electron chi connectivity index (χ3n) is 4.25. The number of benzene rings is 1. The first-order chi connectivity index (χ1) is 11.7. The van der Waals surface area contributed by atoms with Crippen molar-refractivity contribution in [3.05, 3.63) is 53.6 Å². The van der Waals surface area contributed by atoms with Gasteiger partial charge in [-0.25, -0.2) is 0 Å². The molecule has 0 radical (unpaired) electrons. The maximum absolute atomic E-state index is 12.3. The van der Waals surface area contributed by atoms with E-state index in [4.69, 9.17) is 0 Å². The van der Waals surface area contributed by atoms with Crippen molar-refractivity contribution in [1.82, 2.24) is 30.3 Å². The molecule has 1 amide bonds. The minimum absolute atomic E-state index is 0.0421. The lowest BCUT2D eigenvalue weighted by molar-refractivity contribution is 0.0922. The maximum Gasteiger partial charge on any atom is 0.272 e. The molecule has 3 heterocycles. The number of nitrogens with one attached hydrogen (secondary N) is 2. The molecule has 0 aliphatic carbocycles. The van der Waals surface area contributed by atoms with Crippen LogP contribution in [0.5, 0.6) is 0 Å². The van der Waals surface area contributed by atoms with Crippen molar-refractivity contribution >= 4 is 5.91 Å². The van der Waals surface area contributed by atoms with Gasteiger partial charge < -0.3 is 9.88 Å². The lowest BCUT2D eigenvalue weighted by Gasteiger charge is -2.25. The summed E-state index contributed by atoms with van der Waals surface area (Å²) in [5.41, 5.74) is 2.33. The van der Waals surface area contributed by atoms with Crippen molar-refractivity contribution in [2.75, 3.05) is 0 Å². The van der Waals surface area contributed by atoms with E-state index < -0.39 is 0 Å². The molecule has 0 bridgehead atoms. The van der Waals surface area contributed by atoms with Crippen LogP contribution in [-0.2, 0) is 13.0 Å². The molecule has 2 aromatic heterocycles. The van der Waals surface area contributed by atoms with Crippen LogP contribution < -0.4 is 5.32 Å². The van der Waals surface area contributed by atoms with Crippen molar-refractivity contribution in [3.63, 3.8) is 0 Å². The molecule has 122 valence electrons. The van der Waals surface area contributed by atoms with Crippen molar-refractivity contribution in [2.24, 2.45) is 0 Å². The van der Waals surface area contributed by atoms with Gasteiger partial charge in [-0.2, -0.15) is 5.10 Å². The number of fused-ring (bicyclic) bond motifs is 1. The summed E-state index contributed by atoms with van der Waals surface area (Å²) in [7, 11) is 0. The van der Waals surface area contributed by atoms with E-state index in [0.717, 1.165) is 35.7 Å². The quantitative estimate of drug-likeness (QED) is 0.768. The second-order valence-corrected chi connectivity index (χ2v) is 6.06. The molecule has 1 aliphatic rings. The number of nitrogens with zero attached hydrogens (tertiary/aromatic N) is 4. The first kappa shape index (κ1) is 14.6. The zero-order valence-corrected chi connectivity index (χ0v) is 13.4. The van der Waals surface area contributed by atoms with Crippen LogP contribution in [0.15, 0.2) is 36.4 Å². The molecule has 0 fully saturated rings. The molecule has 0 saturated carbocycles. The molecule has 0 saturated heterocycles. The molecule has 1 unspecified atom stereocenters. The molecule has 2 N–H and O–H groups in total. The van der Waals surface area contributed by atoms with E-state index in [2.05, 4.69) is 30.3 Å². The average molecular weight is 322 g/mol. The molecule has 1 aliphatic heterocycles. The van der Waals surface area contributed by atoms with Gasteiger partial charge >= 0.3 is 0 Å². The van der Waals surface area contributed by atoms with Gasteiger partial charge in [-0.05, 0) is 19.4 Å².